The van der Waals surface area contributed by atoms with Crippen molar-refractivity contribution >= 4 is 11.9 Å². The number of carbonyl (C=O) groups excluding carboxylic acids is 2. The van der Waals surface area contributed by atoms with E-state index in [0.29, 0.717) is 6.54 Å². The van der Waals surface area contributed by atoms with Crippen molar-refractivity contribution in [1.29, 1.82) is 0 Å². The SMILES string of the molecule is COC(=O)C1=CC=CN(Cc2ccccc2Cc2ccccc2)C1=C=O. The number of methoxy groups -OCH3 is 1. The van der Waals surface area contributed by atoms with Crippen molar-refractivity contribution in [2.24, 2.45) is 0 Å². The molecule has 0 amide bonds. The van der Waals surface area contributed by atoms with Gasteiger partial charge in [0, 0.05) is 12.7 Å². The number of nitrogens with zero attached hydrogens (tertiary/aromatic N) is 1. The summed E-state index contributed by atoms with van der Waals surface area (Å²) in [6.45, 7) is 0.471. The molecule has 0 bridgehead atoms. The van der Waals surface area contributed by atoms with E-state index in [-0.39, 0.29) is 11.3 Å². The van der Waals surface area contributed by atoms with Crippen LogP contribution in [0.15, 0.2) is 84.2 Å². The molecule has 130 valence electrons. The van der Waals surface area contributed by atoms with Crippen LogP contribution in [0.4, 0.5) is 0 Å². The van der Waals surface area contributed by atoms with Gasteiger partial charge in [-0.05, 0) is 35.3 Å². The molecule has 0 aliphatic carbocycles. The summed E-state index contributed by atoms with van der Waals surface area (Å²) < 4.78 is 4.76. The van der Waals surface area contributed by atoms with Crippen LogP contribution in [0, 0.1) is 0 Å². The van der Waals surface area contributed by atoms with Gasteiger partial charge in [0.05, 0.1) is 12.7 Å². The minimum atomic E-state index is -0.546. The highest BCUT2D eigenvalue weighted by Crippen LogP contribution is 2.24. The van der Waals surface area contributed by atoms with Gasteiger partial charge in [-0.1, -0.05) is 54.6 Å². The smallest absolute Gasteiger partial charge is 0.340 e. The van der Waals surface area contributed by atoms with E-state index in [4.69, 9.17) is 4.74 Å². The average molecular weight is 345 g/mol. The Morgan fingerprint density at radius 3 is 2.42 bits per heavy atom. The lowest BCUT2D eigenvalue weighted by atomic mass is 9.99. The monoisotopic (exact) mass is 345 g/mol. The summed E-state index contributed by atoms with van der Waals surface area (Å²) in [6, 6.07) is 18.3. The molecule has 0 atom stereocenters. The van der Waals surface area contributed by atoms with Crippen molar-refractivity contribution in [3.05, 3.63) is 101 Å². The molecule has 0 saturated heterocycles. The van der Waals surface area contributed by atoms with Gasteiger partial charge in [-0.2, -0.15) is 0 Å². The molecule has 0 radical (unpaired) electrons. The van der Waals surface area contributed by atoms with Gasteiger partial charge in [-0.25, -0.2) is 9.59 Å². The highest BCUT2D eigenvalue weighted by Gasteiger charge is 2.23. The number of hydrogen-bond donors (Lipinski definition) is 0. The lowest BCUT2D eigenvalue weighted by molar-refractivity contribution is -0.135. The van der Waals surface area contributed by atoms with Crippen molar-refractivity contribution in [3.63, 3.8) is 0 Å². The Kier molecular flexibility index (Phi) is 5.47. The molecule has 4 nitrogen and oxygen atoms in total. The average Bonchev–Trinajstić information content (AvgIpc) is 2.69. The van der Waals surface area contributed by atoms with E-state index in [1.54, 1.807) is 23.3 Å². The molecular weight excluding hydrogens is 326 g/mol. The zero-order valence-electron chi connectivity index (χ0n) is 14.5. The van der Waals surface area contributed by atoms with E-state index < -0.39 is 5.97 Å². The van der Waals surface area contributed by atoms with Crippen molar-refractivity contribution in [2.45, 2.75) is 13.0 Å². The van der Waals surface area contributed by atoms with Crippen molar-refractivity contribution in [2.75, 3.05) is 7.11 Å². The van der Waals surface area contributed by atoms with Gasteiger partial charge in [0.15, 0.2) is 5.94 Å². The lowest BCUT2D eigenvalue weighted by Gasteiger charge is -2.25. The number of rotatable bonds is 5. The number of carbonyl (C=O) groups is 1. The number of hydrogen-bond acceptors (Lipinski definition) is 4. The summed E-state index contributed by atoms with van der Waals surface area (Å²) in [5.41, 5.74) is 3.88. The Bertz CT molecular complexity index is 906. The summed E-state index contributed by atoms with van der Waals surface area (Å²) in [5.74, 6) is 1.33. The molecular formula is C22H19NO3. The quantitative estimate of drug-likeness (QED) is 0.615. The van der Waals surface area contributed by atoms with Crippen LogP contribution in [0.25, 0.3) is 0 Å². The van der Waals surface area contributed by atoms with Crippen molar-refractivity contribution in [3.8, 4) is 0 Å². The van der Waals surface area contributed by atoms with Crippen LogP contribution in [-0.4, -0.2) is 23.9 Å². The first kappa shape index (κ1) is 17.5. The maximum atomic E-state index is 11.9. The van der Waals surface area contributed by atoms with Gasteiger partial charge < -0.3 is 9.64 Å². The fourth-order valence-electron chi connectivity index (χ4n) is 2.95. The molecule has 0 N–H and O–H groups in total. The Morgan fingerprint density at radius 2 is 1.73 bits per heavy atom. The minimum Gasteiger partial charge on any atom is -0.465 e. The normalized spacial score (nSPS) is 13.2. The van der Waals surface area contributed by atoms with Crippen LogP contribution in [0.1, 0.15) is 16.7 Å². The second-order valence-corrected chi connectivity index (χ2v) is 5.92. The molecule has 3 rings (SSSR count). The third-order valence-electron chi connectivity index (χ3n) is 4.27. The van der Waals surface area contributed by atoms with Crippen LogP contribution >= 0.6 is 0 Å². The van der Waals surface area contributed by atoms with Gasteiger partial charge in [0.2, 0.25) is 0 Å². The van der Waals surface area contributed by atoms with E-state index in [1.807, 2.05) is 42.3 Å². The Labute approximate surface area is 152 Å². The summed E-state index contributed by atoms with van der Waals surface area (Å²) in [4.78, 5) is 25.1. The number of esters is 1. The van der Waals surface area contributed by atoms with Crippen molar-refractivity contribution in [1.82, 2.24) is 4.90 Å². The molecule has 26 heavy (non-hydrogen) atoms. The molecule has 2 aromatic carbocycles. The first-order chi connectivity index (χ1) is 12.7. The van der Waals surface area contributed by atoms with Gasteiger partial charge in [-0.3, -0.25) is 0 Å². The Morgan fingerprint density at radius 1 is 1.04 bits per heavy atom. The fourth-order valence-corrected chi connectivity index (χ4v) is 2.95. The first-order valence-corrected chi connectivity index (χ1v) is 8.32. The maximum absolute atomic E-state index is 11.9. The summed E-state index contributed by atoms with van der Waals surface area (Å²) in [7, 11) is 1.30. The van der Waals surface area contributed by atoms with E-state index in [0.717, 1.165) is 12.0 Å². The summed E-state index contributed by atoms with van der Waals surface area (Å²) >= 11 is 0. The third-order valence-corrected chi connectivity index (χ3v) is 4.27. The molecule has 1 aliphatic rings. The molecule has 1 heterocycles. The molecule has 0 saturated carbocycles. The van der Waals surface area contributed by atoms with E-state index in [9.17, 15) is 9.59 Å². The predicted molar refractivity (Wildman–Crippen MR) is 99.7 cm³/mol. The highest BCUT2D eigenvalue weighted by atomic mass is 16.5. The summed E-state index contributed by atoms with van der Waals surface area (Å²) in [6.07, 6.45) is 5.87. The molecule has 0 unspecified atom stereocenters. The Hall–Kier alpha value is -3.36. The topological polar surface area (TPSA) is 46.6 Å². The maximum Gasteiger partial charge on any atom is 0.340 e. The van der Waals surface area contributed by atoms with E-state index in [2.05, 4.69) is 18.2 Å². The Balaban J connectivity index is 1.85. The second-order valence-electron chi connectivity index (χ2n) is 5.92. The first-order valence-electron chi connectivity index (χ1n) is 8.32. The molecule has 4 heteroatoms. The largest absolute Gasteiger partial charge is 0.465 e. The third kappa shape index (κ3) is 3.82. The van der Waals surface area contributed by atoms with Crippen LogP contribution in [0.3, 0.4) is 0 Å². The standard InChI is InChI=1S/C22H19NO3/c1-26-22(25)20-12-7-13-23(21(20)16-24)15-19-11-6-5-10-18(19)14-17-8-3-2-4-9-17/h2-13H,14-15H2,1H3. The van der Waals surface area contributed by atoms with Crippen LogP contribution < -0.4 is 0 Å². The van der Waals surface area contributed by atoms with E-state index >= 15 is 0 Å². The zero-order valence-corrected chi connectivity index (χ0v) is 14.5. The van der Waals surface area contributed by atoms with Crippen LogP contribution in [0.5, 0.6) is 0 Å². The zero-order chi connectivity index (χ0) is 18.4. The molecule has 2 aromatic rings. The fraction of sp³-hybridized carbons (Fsp3) is 0.136. The van der Waals surface area contributed by atoms with E-state index in [1.165, 1.54) is 18.2 Å². The number of allylic oxidation sites excluding steroid dienone is 2. The highest BCUT2D eigenvalue weighted by molar-refractivity contribution is 5.96. The number of ether oxygens (including phenoxy) is 1. The minimum absolute atomic E-state index is 0.189. The van der Waals surface area contributed by atoms with Crippen LogP contribution in [-0.2, 0) is 27.3 Å². The van der Waals surface area contributed by atoms with Crippen LogP contribution in [0.2, 0.25) is 0 Å². The molecule has 0 fully saturated rings. The van der Waals surface area contributed by atoms with Gasteiger partial charge in [0.1, 0.15) is 5.70 Å². The summed E-state index contributed by atoms with van der Waals surface area (Å²) in [5, 5.41) is 0. The second kappa shape index (κ2) is 8.15. The van der Waals surface area contributed by atoms with Gasteiger partial charge in [-0.15, -0.1) is 0 Å². The predicted octanol–water partition coefficient (Wildman–Crippen LogP) is 3.42. The molecule has 0 aromatic heterocycles. The lowest BCUT2D eigenvalue weighted by Crippen LogP contribution is -2.24. The van der Waals surface area contributed by atoms with Gasteiger partial charge >= 0.3 is 5.97 Å². The van der Waals surface area contributed by atoms with Gasteiger partial charge in [0.25, 0.3) is 0 Å². The molecule has 1 aliphatic heterocycles. The molecule has 0 spiro atoms. The number of benzene rings is 2. The van der Waals surface area contributed by atoms with Crippen molar-refractivity contribution < 1.29 is 14.3 Å².